The van der Waals surface area contributed by atoms with Crippen LogP contribution in [-0.4, -0.2) is 35.4 Å². The van der Waals surface area contributed by atoms with E-state index in [1.54, 1.807) is 6.08 Å². The molecule has 0 bridgehead atoms. The molecule has 2 fully saturated rings. The van der Waals surface area contributed by atoms with Crippen molar-refractivity contribution in [3.05, 3.63) is 11.6 Å². The number of fused-ring (bicyclic) bond motifs is 3. The highest BCUT2D eigenvalue weighted by molar-refractivity contribution is 5.94. The number of carbonyl (C=O) groups excluding carboxylic acids is 2. The molecule has 0 aromatic carbocycles. The van der Waals surface area contributed by atoms with Crippen molar-refractivity contribution in [1.82, 2.24) is 0 Å². The van der Waals surface area contributed by atoms with Gasteiger partial charge in [-0.2, -0.15) is 0 Å². The van der Waals surface area contributed by atoms with E-state index >= 15 is 0 Å². The van der Waals surface area contributed by atoms with Crippen molar-refractivity contribution in [2.45, 2.75) is 58.7 Å². The Morgan fingerprint density at radius 2 is 2.05 bits per heavy atom. The molecule has 3 rings (SSSR count). The maximum Gasteiger partial charge on any atom is 0.337 e. The van der Waals surface area contributed by atoms with Crippen molar-refractivity contribution >= 4 is 11.9 Å². The zero-order valence-corrected chi connectivity index (χ0v) is 13.6. The Bertz CT molecular complexity index is 563. The second-order valence-corrected chi connectivity index (χ2v) is 7.83. The van der Waals surface area contributed by atoms with Crippen LogP contribution in [0.25, 0.3) is 0 Å². The highest BCUT2D eigenvalue weighted by Crippen LogP contribution is 2.62. The van der Waals surface area contributed by atoms with Crippen molar-refractivity contribution in [1.29, 1.82) is 0 Å². The number of esters is 2. The predicted molar refractivity (Wildman–Crippen MR) is 78.8 cm³/mol. The molecule has 4 atom stereocenters. The van der Waals surface area contributed by atoms with Crippen LogP contribution < -0.4 is 0 Å². The van der Waals surface area contributed by atoms with Crippen molar-refractivity contribution in [2.75, 3.05) is 6.61 Å². The van der Waals surface area contributed by atoms with E-state index in [-0.39, 0.29) is 29.5 Å². The summed E-state index contributed by atoms with van der Waals surface area (Å²) in [4.78, 5) is 23.6. The van der Waals surface area contributed by atoms with Crippen LogP contribution in [0, 0.1) is 16.7 Å². The van der Waals surface area contributed by atoms with Crippen LogP contribution in [-0.2, 0) is 19.1 Å². The summed E-state index contributed by atoms with van der Waals surface area (Å²) < 4.78 is 10.7. The zero-order chi connectivity index (χ0) is 16.3. The van der Waals surface area contributed by atoms with Crippen LogP contribution >= 0.6 is 0 Å². The lowest BCUT2D eigenvalue weighted by Gasteiger charge is -2.59. The minimum atomic E-state index is -1.29. The Morgan fingerprint density at radius 3 is 2.68 bits per heavy atom. The second-order valence-electron chi connectivity index (χ2n) is 7.83. The lowest BCUT2D eigenvalue weighted by Crippen LogP contribution is -2.63. The first kappa shape index (κ1) is 15.5. The SMILES string of the molecule is CC(=O)O[C@@H]1C=C2C(=O)OC[C@]2(O)[C@@]2(C)CCCC(C)(C)[C@@H]12. The summed E-state index contributed by atoms with van der Waals surface area (Å²) in [6.07, 6.45) is 3.87. The molecule has 0 unspecified atom stereocenters. The van der Waals surface area contributed by atoms with Gasteiger partial charge in [0.25, 0.3) is 0 Å². The maximum absolute atomic E-state index is 12.0. The molecule has 1 N–H and O–H groups in total. The highest BCUT2D eigenvalue weighted by atomic mass is 16.6. The number of hydrogen-bond donors (Lipinski definition) is 1. The van der Waals surface area contributed by atoms with Gasteiger partial charge in [-0.25, -0.2) is 4.79 Å². The van der Waals surface area contributed by atoms with Crippen LogP contribution in [0.1, 0.15) is 47.0 Å². The van der Waals surface area contributed by atoms with Crippen LogP contribution in [0.4, 0.5) is 0 Å². The fraction of sp³-hybridized carbons (Fsp3) is 0.765. The molecule has 3 aliphatic rings. The minimum Gasteiger partial charge on any atom is -0.459 e. The quantitative estimate of drug-likeness (QED) is 0.750. The van der Waals surface area contributed by atoms with Gasteiger partial charge in [0.05, 0.1) is 5.57 Å². The normalized spacial score (nSPS) is 42.8. The molecule has 22 heavy (non-hydrogen) atoms. The number of ether oxygens (including phenoxy) is 2. The predicted octanol–water partition coefficient (Wildman–Crippen LogP) is 1.98. The van der Waals surface area contributed by atoms with Crippen molar-refractivity contribution < 1.29 is 24.2 Å². The Morgan fingerprint density at radius 1 is 1.36 bits per heavy atom. The fourth-order valence-electron chi connectivity index (χ4n) is 5.08. The molecule has 1 saturated carbocycles. The number of hydrogen-bond acceptors (Lipinski definition) is 5. The molecule has 2 aliphatic carbocycles. The topological polar surface area (TPSA) is 72.8 Å². The smallest absolute Gasteiger partial charge is 0.337 e. The van der Waals surface area contributed by atoms with Crippen LogP contribution in [0.2, 0.25) is 0 Å². The number of aliphatic hydroxyl groups is 1. The van der Waals surface area contributed by atoms with Crippen molar-refractivity contribution in [2.24, 2.45) is 16.7 Å². The van der Waals surface area contributed by atoms with Crippen LogP contribution in [0.15, 0.2) is 11.6 Å². The third kappa shape index (κ3) is 1.87. The number of cyclic esters (lactones) is 1. The Balaban J connectivity index is 2.17. The summed E-state index contributed by atoms with van der Waals surface area (Å²) in [7, 11) is 0. The number of carbonyl (C=O) groups is 2. The Kier molecular flexibility index (Phi) is 3.23. The standard InChI is InChI=1S/C17H24O5/c1-10(18)22-12-8-11-14(19)21-9-17(11,20)16(4)7-5-6-15(2,3)13(12)16/h8,12-13,20H,5-7,9H2,1-4H3/t12-,13-,16+,17-/m1/s1. The maximum atomic E-state index is 12.0. The fourth-order valence-corrected chi connectivity index (χ4v) is 5.08. The zero-order valence-electron chi connectivity index (χ0n) is 13.6. The average molecular weight is 308 g/mol. The van der Waals surface area contributed by atoms with Crippen LogP contribution in [0.5, 0.6) is 0 Å². The van der Waals surface area contributed by atoms with E-state index in [0.717, 1.165) is 19.3 Å². The summed E-state index contributed by atoms with van der Waals surface area (Å²) in [6, 6.07) is 0. The molecular weight excluding hydrogens is 284 g/mol. The molecule has 0 amide bonds. The van der Waals surface area contributed by atoms with Gasteiger partial charge in [-0.05, 0) is 24.3 Å². The van der Waals surface area contributed by atoms with E-state index < -0.39 is 23.1 Å². The summed E-state index contributed by atoms with van der Waals surface area (Å²) in [6.45, 7) is 7.66. The molecule has 1 saturated heterocycles. The molecule has 0 spiro atoms. The average Bonchev–Trinajstić information content (AvgIpc) is 2.66. The third-order valence-corrected chi connectivity index (χ3v) is 6.03. The van der Waals surface area contributed by atoms with Gasteiger partial charge in [0.1, 0.15) is 18.3 Å². The third-order valence-electron chi connectivity index (χ3n) is 6.03. The highest BCUT2D eigenvalue weighted by Gasteiger charge is 2.67. The van der Waals surface area contributed by atoms with Gasteiger partial charge in [-0.15, -0.1) is 0 Å². The van der Waals surface area contributed by atoms with E-state index in [0.29, 0.717) is 0 Å². The molecule has 0 aromatic heterocycles. The Labute approximate surface area is 130 Å². The molecule has 1 aliphatic heterocycles. The van der Waals surface area contributed by atoms with Crippen LogP contribution in [0.3, 0.4) is 0 Å². The first-order chi connectivity index (χ1) is 10.1. The molecular formula is C17H24O5. The molecule has 0 radical (unpaired) electrons. The first-order valence-electron chi connectivity index (χ1n) is 7.91. The first-order valence-corrected chi connectivity index (χ1v) is 7.91. The summed E-state index contributed by atoms with van der Waals surface area (Å²) in [5, 5.41) is 11.3. The van der Waals surface area contributed by atoms with E-state index in [1.807, 2.05) is 6.92 Å². The van der Waals surface area contributed by atoms with Gasteiger partial charge in [-0.1, -0.05) is 27.2 Å². The number of rotatable bonds is 1. The van der Waals surface area contributed by atoms with E-state index in [4.69, 9.17) is 9.47 Å². The largest absolute Gasteiger partial charge is 0.459 e. The van der Waals surface area contributed by atoms with E-state index in [2.05, 4.69) is 13.8 Å². The van der Waals surface area contributed by atoms with Gasteiger partial charge in [-0.3, -0.25) is 4.79 Å². The molecule has 5 heteroatoms. The van der Waals surface area contributed by atoms with Gasteiger partial charge in [0.15, 0.2) is 0 Å². The summed E-state index contributed by atoms with van der Waals surface area (Å²) in [5.41, 5.74) is -1.68. The van der Waals surface area contributed by atoms with E-state index in [1.165, 1.54) is 6.92 Å². The second kappa shape index (κ2) is 4.57. The monoisotopic (exact) mass is 308 g/mol. The van der Waals surface area contributed by atoms with Crippen molar-refractivity contribution in [3.8, 4) is 0 Å². The molecule has 122 valence electrons. The van der Waals surface area contributed by atoms with E-state index in [9.17, 15) is 14.7 Å². The summed E-state index contributed by atoms with van der Waals surface area (Å²) in [5.74, 6) is -0.925. The minimum absolute atomic E-state index is 0.00641. The molecule has 1 heterocycles. The lowest BCUT2D eigenvalue weighted by atomic mass is 9.46. The lowest BCUT2D eigenvalue weighted by molar-refractivity contribution is -0.188. The Hall–Kier alpha value is -1.36. The van der Waals surface area contributed by atoms with Gasteiger partial charge < -0.3 is 14.6 Å². The molecule has 0 aromatic rings. The van der Waals surface area contributed by atoms with Gasteiger partial charge in [0.2, 0.25) is 0 Å². The van der Waals surface area contributed by atoms with Gasteiger partial charge in [0, 0.05) is 18.3 Å². The van der Waals surface area contributed by atoms with Gasteiger partial charge >= 0.3 is 11.9 Å². The van der Waals surface area contributed by atoms with Crippen molar-refractivity contribution in [3.63, 3.8) is 0 Å². The summed E-state index contributed by atoms with van der Waals surface area (Å²) >= 11 is 0. The molecule has 5 nitrogen and oxygen atoms in total.